The maximum absolute atomic E-state index is 12.2. The first kappa shape index (κ1) is 18.4. The molecular formula is C19H23N3O3S. The van der Waals surface area contributed by atoms with Crippen molar-refractivity contribution in [3.63, 3.8) is 0 Å². The highest BCUT2D eigenvalue weighted by Gasteiger charge is 2.23. The summed E-state index contributed by atoms with van der Waals surface area (Å²) in [7, 11) is 0. The molecule has 0 spiro atoms. The molecule has 1 aliphatic carbocycles. The van der Waals surface area contributed by atoms with Crippen LogP contribution >= 0.6 is 11.3 Å². The summed E-state index contributed by atoms with van der Waals surface area (Å²) in [6.45, 7) is 2.53. The fraction of sp³-hybridized carbons (Fsp3) is 0.421. The van der Waals surface area contributed by atoms with Crippen LogP contribution in [0.4, 0.5) is 10.8 Å². The predicted molar refractivity (Wildman–Crippen MR) is 103 cm³/mol. The second kappa shape index (κ2) is 8.80. The van der Waals surface area contributed by atoms with Gasteiger partial charge in [-0.2, -0.15) is 0 Å². The molecule has 1 saturated carbocycles. The van der Waals surface area contributed by atoms with Crippen molar-refractivity contribution in [3.8, 4) is 5.75 Å². The van der Waals surface area contributed by atoms with Crippen LogP contribution in [-0.4, -0.2) is 23.4 Å². The van der Waals surface area contributed by atoms with Crippen LogP contribution in [0.25, 0.3) is 0 Å². The first-order valence-corrected chi connectivity index (χ1v) is 9.80. The normalized spacial score (nSPS) is 14.2. The Balaban J connectivity index is 1.50. The number of benzene rings is 1. The third-order valence-corrected chi connectivity index (χ3v) is 5.11. The van der Waals surface area contributed by atoms with E-state index >= 15 is 0 Å². The number of ether oxygens (including phenoxy) is 1. The zero-order chi connectivity index (χ0) is 18.4. The van der Waals surface area contributed by atoms with Crippen LogP contribution in [0.1, 0.15) is 38.3 Å². The van der Waals surface area contributed by atoms with Gasteiger partial charge in [0.15, 0.2) is 5.13 Å². The van der Waals surface area contributed by atoms with Crippen LogP contribution < -0.4 is 15.4 Å². The zero-order valence-electron chi connectivity index (χ0n) is 14.8. The van der Waals surface area contributed by atoms with Gasteiger partial charge in [-0.3, -0.25) is 9.59 Å². The number of thiazole rings is 1. The summed E-state index contributed by atoms with van der Waals surface area (Å²) in [6.07, 6.45) is 4.31. The molecule has 138 valence electrons. The average molecular weight is 373 g/mol. The number of rotatable bonds is 7. The number of amides is 2. The molecule has 2 aromatic rings. The maximum atomic E-state index is 12.2. The Hall–Kier alpha value is -2.41. The van der Waals surface area contributed by atoms with E-state index in [-0.39, 0.29) is 24.2 Å². The molecule has 26 heavy (non-hydrogen) atoms. The van der Waals surface area contributed by atoms with E-state index in [0.717, 1.165) is 31.4 Å². The second-order valence-corrected chi connectivity index (χ2v) is 7.16. The summed E-state index contributed by atoms with van der Waals surface area (Å²) >= 11 is 1.35. The van der Waals surface area contributed by atoms with Gasteiger partial charge in [0, 0.05) is 17.0 Å². The van der Waals surface area contributed by atoms with Gasteiger partial charge in [-0.25, -0.2) is 4.98 Å². The zero-order valence-corrected chi connectivity index (χ0v) is 15.6. The molecule has 0 bridgehead atoms. The van der Waals surface area contributed by atoms with Crippen molar-refractivity contribution in [2.45, 2.75) is 39.0 Å². The van der Waals surface area contributed by atoms with Crippen LogP contribution in [0.15, 0.2) is 29.6 Å². The Kier molecular flexibility index (Phi) is 6.22. The number of nitrogens with one attached hydrogen (secondary N) is 2. The quantitative estimate of drug-likeness (QED) is 0.772. The smallest absolute Gasteiger partial charge is 0.230 e. The molecule has 7 heteroatoms. The van der Waals surface area contributed by atoms with Crippen molar-refractivity contribution in [3.05, 3.63) is 35.3 Å². The van der Waals surface area contributed by atoms with Gasteiger partial charge < -0.3 is 15.4 Å². The minimum absolute atomic E-state index is 0.0437. The van der Waals surface area contributed by atoms with E-state index in [1.54, 1.807) is 12.1 Å². The second-order valence-electron chi connectivity index (χ2n) is 6.30. The molecule has 2 N–H and O–H groups in total. The number of carbonyl (C=O) groups is 2. The van der Waals surface area contributed by atoms with Gasteiger partial charge in [0.25, 0.3) is 0 Å². The number of hydrogen-bond acceptors (Lipinski definition) is 5. The van der Waals surface area contributed by atoms with Crippen molar-refractivity contribution in [2.24, 2.45) is 5.92 Å². The fourth-order valence-corrected chi connectivity index (χ4v) is 3.73. The molecule has 1 aromatic heterocycles. The number of anilines is 2. The Morgan fingerprint density at radius 3 is 2.62 bits per heavy atom. The molecule has 0 saturated heterocycles. The molecule has 3 rings (SSSR count). The first-order chi connectivity index (χ1) is 12.6. The highest BCUT2D eigenvalue weighted by atomic mass is 32.1. The van der Waals surface area contributed by atoms with Crippen molar-refractivity contribution in [1.82, 2.24) is 4.98 Å². The summed E-state index contributed by atoms with van der Waals surface area (Å²) in [4.78, 5) is 28.6. The lowest BCUT2D eigenvalue weighted by Crippen LogP contribution is -2.20. The van der Waals surface area contributed by atoms with E-state index < -0.39 is 0 Å². The lowest BCUT2D eigenvalue weighted by atomic mass is 10.1. The lowest BCUT2D eigenvalue weighted by molar-refractivity contribution is -0.119. The van der Waals surface area contributed by atoms with Crippen LogP contribution in [0.5, 0.6) is 5.75 Å². The Bertz CT molecular complexity index is 752. The number of nitrogens with zero attached hydrogens (tertiary/aromatic N) is 1. The third kappa shape index (κ3) is 5.05. The summed E-state index contributed by atoms with van der Waals surface area (Å²) in [6, 6.07) is 7.24. The van der Waals surface area contributed by atoms with E-state index in [1.807, 2.05) is 24.4 Å². The van der Waals surface area contributed by atoms with Crippen LogP contribution in [-0.2, 0) is 16.0 Å². The molecule has 1 aliphatic rings. The van der Waals surface area contributed by atoms with E-state index in [0.29, 0.717) is 23.1 Å². The minimum atomic E-state index is -0.145. The Morgan fingerprint density at radius 2 is 1.92 bits per heavy atom. The van der Waals surface area contributed by atoms with Gasteiger partial charge in [-0.15, -0.1) is 11.3 Å². The largest absolute Gasteiger partial charge is 0.494 e. The highest BCUT2D eigenvalue weighted by Crippen LogP contribution is 2.26. The van der Waals surface area contributed by atoms with Crippen molar-refractivity contribution < 1.29 is 14.3 Å². The fourth-order valence-electron chi connectivity index (χ4n) is 3.01. The van der Waals surface area contributed by atoms with Crippen LogP contribution in [0.2, 0.25) is 0 Å². The first-order valence-electron chi connectivity index (χ1n) is 8.92. The molecular weight excluding hydrogens is 350 g/mol. The van der Waals surface area contributed by atoms with Gasteiger partial charge in [0.1, 0.15) is 5.75 Å². The molecule has 0 radical (unpaired) electrons. The number of carbonyl (C=O) groups excluding carboxylic acids is 2. The molecule has 1 heterocycles. The Labute approximate surface area is 157 Å². The van der Waals surface area contributed by atoms with Gasteiger partial charge in [0.05, 0.1) is 18.7 Å². The van der Waals surface area contributed by atoms with Crippen molar-refractivity contribution in [1.29, 1.82) is 0 Å². The topological polar surface area (TPSA) is 80.3 Å². The molecule has 1 fully saturated rings. The maximum Gasteiger partial charge on any atom is 0.230 e. The number of hydrogen-bond donors (Lipinski definition) is 2. The van der Waals surface area contributed by atoms with E-state index in [1.165, 1.54) is 11.3 Å². The summed E-state index contributed by atoms with van der Waals surface area (Å²) in [5.74, 6) is 0.772. The van der Waals surface area contributed by atoms with Crippen LogP contribution in [0, 0.1) is 5.92 Å². The van der Waals surface area contributed by atoms with Gasteiger partial charge in [0.2, 0.25) is 11.8 Å². The van der Waals surface area contributed by atoms with E-state index in [4.69, 9.17) is 4.74 Å². The summed E-state index contributed by atoms with van der Waals surface area (Å²) < 4.78 is 5.38. The molecule has 2 amide bonds. The third-order valence-electron chi connectivity index (χ3n) is 4.30. The van der Waals surface area contributed by atoms with Crippen molar-refractivity contribution in [2.75, 3.05) is 17.2 Å². The van der Waals surface area contributed by atoms with Crippen LogP contribution in [0.3, 0.4) is 0 Å². The molecule has 1 aromatic carbocycles. The van der Waals surface area contributed by atoms with Gasteiger partial charge in [-0.05, 0) is 44.0 Å². The lowest BCUT2D eigenvalue weighted by Gasteiger charge is -2.07. The molecule has 0 aliphatic heterocycles. The Morgan fingerprint density at radius 1 is 1.19 bits per heavy atom. The minimum Gasteiger partial charge on any atom is -0.494 e. The average Bonchev–Trinajstić information content (AvgIpc) is 3.29. The van der Waals surface area contributed by atoms with E-state index in [2.05, 4.69) is 15.6 Å². The summed E-state index contributed by atoms with van der Waals surface area (Å²) in [5, 5.41) is 8.07. The van der Waals surface area contributed by atoms with E-state index in [9.17, 15) is 9.59 Å². The molecule has 0 unspecified atom stereocenters. The molecule has 6 nitrogen and oxygen atoms in total. The van der Waals surface area contributed by atoms with Crippen molar-refractivity contribution >= 4 is 34.0 Å². The standard InChI is InChI=1S/C19H23N3O3S/c1-2-25-16-9-7-14(8-10-16)20-17(23)11-15-12-26-19(21-15)22-18(24)13-5-3-4-6-13/h7-10,12-13H,2-6,11H2,1H3,(H,20,23)(H,21,22,24). The monoisotopic (exact) mass is 373 g/mol. The number of aromatic nitrogens is 1. The highest BCUT2D eigenvalue weighted by molar-refractivity contribution is 7.13. The predicted octanol–water partition coefficient (Wildman–Crippen LogP) is 3.85. The molecule has 0 atom stereocenters. The van der Waals surface area contributed by atoms with Gasteiger partial charge in [-0.1, -0.05) is 12.8 Å². The summed E-state index contributed by atoms with van der Waals surface area (Å²) in [5.41, 5.74) is 1.36. The SMILES string of the molecule is CCOc1ccc(NC(=O)Cc2csc(NC(=O)C3CCCC3)n2)cc1. The van der Waals surface area contributed by atoms with Gasteiger partial charge >= 0.3 is 0 Å².